The van der Waals surface area contributed by atoms with Gasteiger partial charge in [0.25, 0.3) is 0 Å². The van der Waals surface area contributed by atoms with Crippen molar-refractivity contribution in [2.75, 3.05) is 0 Å². The first-order chi connectivity index (χ1) is 4.85. The molecule has 0 unspecified atom stereocenters. The van der Waals surface area contributed by atoms with Crippen molar-refractivity contribution in [3.63, 3.8) is 0 Å². The van der Waals surface area contributed by atoms with Gasteiger partial charge >= 0.3 is 0 Å². The highest BCUT2D eigenvalue weighted by Gasteiger charge is 2.45. The molecule has 2 bridgehead atoms. The van der Waals surface area contributed by atoms with Crippen LogP contribution in [0, 0.1) is 16.6 Å². The molecular weight excluding hydrogens is 142 g/mol. The van der Waals surface area contributed by atoms with E-state index in [1.165, 1.54) is 43.9 Å². The van der Waals surface area contributed by atoms with E-state index in [9.17, 15) is 0 Å². The van der Waals surface area contributed by atoms with E-state index >= 15 is 0 Å². The Morgan fingerprint density at radius 3 is 2.50 bits per heavy atom. The Labute approximate surface area is 65.8 Å². The zero-order chi connectivity index (χ0) is 7.03. The third-order valence-corrected chi connectivity index (χ3v) is 4.04. The molecule has 2 saturated carbocycles. The molecule has 0 aliphatic heterocycles. The molecule has 0 aromatic carbocycles. The molecule has 1 nitrogen and oxygen atoms in total. The molecule has 10 heavy (non-hydrogen) atoms. The zero-order valence-corrected chi connectivity index (χ0v) is 6.78. The minimum absolute atomic E-state index is 0.416. The van der Waals surface area contributed by atoms with E-state index in [-0.39, 0.29) is 0 Å². The summed E-state index contributed by atoms with van der Waals surface area (Å²) in [5.41, 5.74) is 0. The molecule has 0 saturated heterocycles. The second-order valence-corrected chi connectivity index (χ2v) is 4.78. The van der Waals surface area contributed by atoms with Crippen molar-refractivity contribution in [3.8, 4) is 5.40 Å². The Balaban J connectivity index is 2.10. The van der Waals surface area contributed by atoms with Gasteiger partial charge in [-0.05, 0) is 49.8 Å². The first-order valence-electron chi connectivity index (χ1n) is 3.92. The maximum Gasteiger partial charge on any atom is 0.133 e. The predicted molar refractivity (Wildman–Crippen MR) is 42.5 cm³/mol. The normalized spacial score (nSPS) is 43.7. The lowest BCUT2D eigenvalue weighted by atomic mass is 10.0. The molecule has 0 spiro atoms. The third kappa shape index (κ3) is 0.845. The molecule has 2 aliphatic carbocycles. The summed E-state index contributed by atoms with van der Waals surface area (Å²) < 4.78 is 0.416. The fourth-order valence-electron chi connectivity index (χ4n) is 2.38. The third-order valence-electron chi connectivity index (χ3n) is 2.94. The lowest BCUT2D eigenvalue weighted by molar-refractivity contribution is 0.500. The fraction of sp³-hybridized carbons (Fsp3) is 0.875. The van der Waals surface area contributed by atoms with Crippen molar-refractivity contribution >= 4 is 11.8 Å². The van der Waals surface area contributed by atoms with Gasteiger partial charge < -0.3 is 0 Å². The van der Waals surface area contributed by atoms with Gasteiger partial charge in [-0.25, -0.2) is 0 Å². The molecule has 0 amide bonds. The number of hydrogen-bond acceptors (Lipinski definition) is 2. The average molecular weight is 153 g/mol. The minimum Gasteiger partial charge on any atom is -0.185 e. The summed E-state index contributed by atoms with van der Waals surface area (Å²) in [4.78, 5) is 0. The van der Waals surface area contributed by atoms with E-state index in [1.807, 2.05) is 0 Å². The van der Waals surface area contributed by atoms with Crippen LogP contribution in [-0.4, -0.2) is 4.75 Å². The molecule has 0 atom stereocenters. The number of rotatable bonds is 1. The fourth-order valence-corrected chi connectivity index (χ4v) is 3.33. The van der Waals surface area contributed by atoms with Gasteiger partial charge in [-0.15, -0.1) is 0 Å². The van der Waals surface area contributed by atoms with Crippen LogP contribution in [0.25, 0.3) is 0 Å². The highest BCUT2D eigenvalue weighted by molar-refractivity contribution is 8.05. The van der Waals surface area contributed by atoms with Crippen LogP contribution in [0.1, 0.15) is 32.1 Å². The van der Waals surface area contributed by atoms with E-state index < -0.39 is 0 Å². The second kappa shape index (κ2) is 2.17. The molecule has 2 aliphatic rings. The average Bonchev–Trinajstić information content (AvgIpc) is 2.46. The van der Waals surface area contributed by atoms with Gasteiger partial charge in [-0.1, -0.05) is 0 Å². The lowest BCUT2D eigenvalue weighted by Crippen LogP contribution is -2.15. The molecule has 2 heteroatoms. The minimum atomic E-state index is 0.416. The number of thiocyanates is 1. The lowest BCUT2D eigenvalue weighted by Gasteiger charge is -2.20. The Morgan fingerprint density at radius 1 is 1.40 bits per heavy atom. The number of nitriles is 1. The van der Waals surface area contributed by atoms with Gasteiger partial charge in [0.05, 0.1) is 0 Å². The van der Waals surface area contributed by atoms with Crippen molar-refractivity contribution in [2.45, 2.75) is 36.9 Å². The summed E-state index contributed by atoms with van der Waals surface area (Å²) in [5.74, 6) is 0.973. The molecule has 2 rings (SSSR count). The van der Waals surface area contributed by atoms with E-state index in [4.69, 9.17) is 5.26 Å². The van der Waals surface area contributed by atoms with Crippen LogP contribution < -0.4 is 0 Å². The van der Waals surface area contributed by atoms with Crippen LogP contribution in [0.15, 0.2) is 0 Å². The molecular formula is C8H11NS. The largest absolute Gasteiger partial charge is 0.185 e. The summed E-state index contributed by atoms with van der Waals surface area (Å²) >= 11 is 1.53. The van der Waals surface area contributed by atoms with Crippen LogP contribution in [0.5, 0.6) is 0 Å². The zero-order valence-electron chi connectivity index (χ0n) is 5.97. The van der Waals surface area contributed by atoms with Crippen LogP contribution in [0.4, 0.5) is 0 Å². The molecule has 0 radical (unpaired) electrons. The first-order valence-corrected chi connectivity index (χ1v) is 4.73. The molecule has 54 valence electrons. The van der Waals surface area contributed by atoms with Crippen molar-refractivity contribution in [1.82, 2.24) is 0 Å². The summed E-state index contributed by atoms with van der Waals surface area (Å²) in [7, 11) is 0. The number of thioether (sulfide) groups is 1. The Bertz CT molecular complexity index is 174. The Kier molecular flexibility index (Phi) is 1.42. The molecule has 2 fully saturated rings. The van der Waals surface area contributed by atoms with Crippen LogP contribution in [0.3, 0.4) is 0 Å². The highest BCUT2D eigenvalue weighted by atomic mass is 32.2. The Hall–Kier alpha value is -0.160. The van der Waals surface area contributed by atoms with Crippen molar-refractivity contribution < 1.29 is 0 Å². The maximum atomic E-state index is 8.55. The van der Waals surface area contributed by atoms with Crippen molar-refractivity contribution in [3.05, 3.63) is 0 Å². The topological polar surface area (TPSA) is 23.8 Å². The highest BCUT2D eigenvalue weighted by Crippen LogP contribution is 2.54. The molecule has 0 aromatic rings. The number of fused-ring (bicyclic) bond motifs is 2. The first kappa shape index (κ1) is 6.54. The number of nitrogens with zero attached hydrogens (tertiary/aromatic N) is 1. The van der Waals surface area contributed by atoms with Crippen LogP contribution in [0.2, 0.25) is 0 Å². The van der Waals surface area contributed by atoms with E-state index in [1.54, 1.807) is 0 Å². The summed E-state index contributed by atoms with van der Waals surface area (Å²) in [6.45, 7) is 0. The predicted octanol–water partition coefficient (Wildman–Crippen LogP) is 2.53. The van der Waals surface area contributed by atoms with Gasteiger partial charge in [0.2, 0.25) is 0 Å². The van der Waals surface area contributed by atoms with Gasteiger partial charge in [-0.3, -0.25) is 0 Å². The van der Waals surface area contributed by atoms with Gasteiger partial charge in [-0.2, -0.15) is 5.26 Å². The summed E-state index contributed by atoms with van der Waals surface area (Å²) in [6.07, 6.45) is 6.69. The quantitative estimate of drug-likeness (QED) is 0.540. The summed E-state index contributed by atoms with van der Waals surface area (Å²) in [6, 6.07) is 0. The molecule has 0 aromatic heterocycles. The maximum absolute atomic E-state index is 8.55. The van der Waals surface area contributed by atoms with Crippen LogP contribution in [-0.2, 0) is 0 Å². The molecule has 0 heterocycles. The van der Waals surface area contributed by atoms with Gasteiger partial charge in [0.1, 0.15) is 5.40 Å². The van der Waals surface area contributed by atoms with Gasteiger partial charge in [0, 0.05) is 4.75 Å². The van der Waals surface area contributed by atoms with Crippen LogP contribution >= 0.6 is 11.8 Å². The molecule has 0 N–H and O–H groups in total. The van der Waals surface area contributed by atoms with Gasteiger partial charge in [0.15, 0.2) is 0 Å². The number of hydrogen-bond donors (Lipinski definition) is 0. The van der Waals surface area contributed by atoms with E-state index in [2.05, 4.69) is 5.40 Å². The van der Waals surface area contributed by atoms with E-state index in [0.717, 1.165) is 5.92 Å². The van der Waals surface area contributed by atoms with Crippen molar-refractivity contribution in [2.24, 2.45) is 5.92 Å². The van der Waals surface area contributed by atoms with Crippen molar-refractivity contribution in [1.29, 1.82) is 5.26 Å². The Morgan fingerprint density at radius 2 is 2.10 bits per heavy atom. The SMILES string of the molecule is N#CSC12CCC(CC1)C2. The smallest absolute Gasteiger partial charge is 0.133 e. The summed E-state index contributed by atoms with van der Waals surface area (Å²) in [5, 5.41) is 10.8. The standard InChI is InChI=1S/C8H11NS/c9-6-10-8-3-1-7(5-8)2-4-8/h7H,1-5H2. The van der Waals surface area contributed by atoms with E-state index in [0.29, 0.717) is 4.75 Å². The monoisotopic (exact) mass is 153 g/mol. The second-order valence-electron chi connectivity index (χ2n) is 3.52.